The Morgan fingerprint density at radius 1 is 0.868 bits per heavy atom. The van der Waals surface area contributed by atoms with Crippen LogP contribution in [0, 0.1) is 0 Å². The number of aromatic nitrogens is 1. The van der Waals surface area contributed by atoms with Crippen LogP contribution in [0.3, 0.4) is 0 Å². The van der Waals surface area contributed by atoms with Crippen LogP contribution in [-0.4, -0.2) is 17.5 Å². The van der Waals surface area contributed by atoms with Crippen LogP contribution in [0.2, 0.25) is 0 Å². The fraction of sp³-hybridized carbons (Fsp3) is 0.214. The summed E-state index contributed by atoms with van der Waals surface area (Å²) in [6.45, 7) is 2.62. The minimum Gasteiger partial charge on any atom is -0.494 e. The number of nitrogens with one attached hydrogen (secondary N) is 1. The van der Waals surface area contributed by atoms with Crippen LogP contribution >= 0.6 is 0 Å². The van der Waals surface area contributed by atoms with Gasteiger partial charge in [0.25, 0.3) is 5.91 Å². The van der Waals surface area contributed by atoms with Crippen LogP contribution < -0.4 is 10.1 Å². The lowest BCUT2D eigenvalue weighted by molar-refractivity contribution is -0.143. The quantitative estimate of drug-likeness (QED) is 0.192. The number of anilines is 1. The second-order valence-corrected chi connectivity index (χ2v) is 8.55. The second kappa shape index (κ2) is 10.7. The number of carbonyl (C=O) groups excluding carboxylic acids is 1. The number of para-hydroxylation sites is 1. The largest absolute Gasteiger partial charge is 0.494 e. The summed E-state index contributed by atoms with van der Waals surface area (Å²) in [4.78, 5) is 17.8. The number of nitrogens with zero attached hydrogens (tertiary/aromatic N) is 1. The zero-order valence-corrected chi connectivity index (χ0v) is 20.1. The van der Waals surface area contributed by atoms with Crippen LogP contribution in [0.4, 0.5) is 32.0 Å². The highest BCUT2D eigenvalue weighted by molar-refractivity contribution is 6.13. The van der Waals surface area contributed by atoms with Crippen molar-refractivity contribution in [1.82, 2.24) is 4.98 Å². The molecule has 38 heavy (non-hydrogen) atoms. The highest BCUT2D eigenvalue weighted by atomic mass is 19.4. The van der Waals surface area contributed by atoms with E-state index >= 15 is 0 Å². The zero-order valence-electron chi connectivity index (χ0n) is 20.1. The van der Waals surface area contributed by atoms with Crippen molar-refractivity contribution < 1.29 is 35.9 Å². The Morgan fingerprint density at radius 2 is 1.50 bits per heavy atom. The summed E-state index contributed by atoms with van der Waals surface area (Å²) in [5.74, 6) is -0.220. The molecular formula is C28H22F6N2O2. The first-order valence-corrected chi connectivity index (χ1v) is 11.7. The van der Waals surface area contributed by atoms with Crippen LogP contribution in [0.1, 0.15) is 41.3 Å². The van der Waals surface area contributed by atoms with Gasteiger partial charge >= 0.3 is 12.4 Å². The molecule has 4 nitrogen and oxygen atoms in total. The van der Waals surface area contributed by atoms with Crippen molar-refractivity contribution in [2.24, 2.45) is 0 Å². The predicted molar refractivity (Wildman–Crippen MR) is 132 cm³/mol. The van der Waals surface area contributed by atoms with E-state index in [-0.39, 0.29) is 11.6 Å². The number of alkyl halides is 6. The number of hydrogen-bond donors (Lipinski definition) is 1. The number of halogens is 6. The molecule has 1 N–H and O–H groups in total. The molecule has 1 amide bonds. The first-order chi connectivity index (χ1) is 18.0. The van der Waals surface area contributed by atoms with Crippen molar-refractivity contribution in [3.05, 3.63) is 89.5 Å². The topological polar surface area (TPSA) is 51.2 Å². The monoisotopic (exact) mass is 532 g/mol. The van der Waals surface area contributed by atoms with Crippen molar-refractivity contribution >= 4 is 22.5 Å². The number of hydrogen-bond acceptors (Lipinski definition) is 3. The highest BCUT2D eigenvalue weighted by Gasteiger charge is 2.37. The lowest BCUT2D eigenvalue weighted by Gasteiger charge is -2.15. The molecule has 0 bridgehead atoms. The Labute approximate surface area is 214 Å². The number of amides is 1. The molecule has 1 aromatic heterocycles. The van der Waals surface area contributed by atoms with E-state index < -0.39 is 35.1 Å². The summed E-state index contributed by atoms with van der Waals surface area (Å²) in [5.41, 5.74) is -2.17. The summed E-state index contributed by atoms with van der Waals surface area (Å²) >= 11 is 0. The third-order valence-electron chi connectivity index (χ3n) is 5.72. The number of rotatable bonds is 7. The van der Waals surface area contributed by atoms with Gasteiger partial charge in [0.05, 0.1) is 34.5 Å². The number of unbranched alkanes of at least 4 members (excludes halogenated alkanes) is 1. The first-order valence-electron chi connectivity index (χ1n) is 11.7. The Balaban J connectivity index is 1.71. The maximum atomic E-state index is 13.3. The van der Waals surface area contributed by atoms with Crippen LogP contribution in [0.5, 0.6) is 5.75 Å². The lowest BCUT2D eigenvalue weighted by Crippen LogP contribution is -2.16. The predicted octanol–water partition coefficient (Wildman–Crippen LogP) is 8.37. The highest BCUT2D eigenvalue weighted by Crippen LogP contribution is 2.38. The summed E-state index contributed by atoms with van der Waals surface area (Å²) in [6, 6.07) is 16.0. The van der Waals surface area contributed by atoms with Gasteiger partial charge < -0.3 is 10.1 Å². The molecule has 0 saturated carbocycles. The fourth-order valence-corrected chi connectivity index (χ4v) is 3.79. The van der Waals surface area contributed by atoms with Crippen LogP contribution in [0.25, 0.3) is 22.2 Å². The van der Waals surface area contributed by atoms with Gasteiger partial charge in [0, 0.05) is 16.6 Å². The fourth-order valence-electron chi connectivity index (χ4n) is 3.79. The number of ether oxygens (including phenoxy) is 1. The van der Waals surface area contributed by atoms with Gasteiger partial charge in [-0.2, -0.15) is 26.3 Å². The average molecular weight is 532 g/mol. The van der Waals surface area contributed by atoms with Crippen LogP contribution in [-0.2, 0) is 12.4 Å². The summed E-state index contributed by atoms with van der Waals surface area (Å²) in [5, 5.41) is 2.59. The van der Waals surface area contributed by atoms with E-state index in [0.717, 1.165) is 12.8 Å². The van der Waals surface area contributed by atoms with Gasteiger partial charge in [-0.15, -0.1) is 0 Å². The minimum atomic E-state index is -5.04. The molecule has 0 aliphatic heterocycles. The molecule has 0 atom stereocenters. The van der Waals surface area contributed by atoms with E-state index in [1.807, 2.05) is 6.92 Å². The third kappa shape index (κ3) is 6.24. The third-order valence-corrected chi connectivity index (χ3v) is 5.72. The van der Waals surface area contributed by atoms with Gasteiger partial charge in [0.1, 0.15) is 5.75 Å². The number of benzene rings is 3. The maximum absolute atomic E-state index is 13.3. The van der Waals surface area contributed by atoms with Gasteiger partial charge in [-0.05, 0) is 61.0 Å². The van der Waals surface area contributed by atoms with Crippen molar-refractivity contribution in [3.8, 4) is 17.0 Å². The smallest absolute Gasteiger partial charge is 0.416 e. The molecule has 1 heterocycles. The molecule has 0 radical (unpaired) electrons. The molecular weight excluding hydrogens is 510 g/mol. The molecule has 0 saturated heterocycles. The molecule has 10 heteroatoms. The standard InChI is InChI=1S/C28H22F6N2O2/c1-2-3-12-38-21-10-8-17(9-11-21)25-16-23(22-6-4-5-7-24(22)36-25)26(37)35-20-14-18(27(29,30)31)13-19(15-20)28(32,33)34/h4-11,13-16H,2-3,12H2,1H3,(H,35,37). The summed E-state index contributed by atoms with van der Waals surface area (Å²) in [6.07, 6.45) is -8.18. The molecule has 0 aliphatic carbocycles. The average Bonchev–Trinajstić information content (AvgIpc) is 2.87. The number of pyridine rings is 1. The van der Waals surface area contributed by atoms with Crippen molar-refractivity contribution in [3.63, 3.8) is 0 Å². The van der Waals surface area contributed by atoms with Crippen molar-refractivity contribution in [2.75, 3.05) is 11.9 Å². The summed E-state index contributed by atoms with van der Waals surface area (Å²) < 4.78 is 85.2. The molecule has 3 aromatic carbocycles. The number of fused-ring (bicyclic) bond motifs is 1. The molecule has 198 valence electrons. The van der Waals surface area contributed by atoms with Crippen molar-refractivity contribution in [1.29, 1.82) is 0 Å². The second-order valence-electron chi connectivity index (χ2n) is 8.55. The molecule has 0 aliphatic rings. The van der Waals surface area contributed by atoms with E-state index in [4.69, 9.17) is 4.74 Å². The normalized spacial score (nSPS) is 12.0. The Kier molecular flexibility index (Phi) is 7.61. The molecule has 4 aromatic rings. The van der Waals surface area contributed by atoms with Gasteiger partial charge in [-0.25, -0.2) is 4.98 Å². The first kappa shape index (κ1) is 27.0. The van der Waals surface area contributed by atoms with E-state index in [2.05, 4.69) is 10.3 Å². The van der Waals surface area contributed by atoms with Gasteiger partial charge in [-0.1, -0.05) is 31.5 Å². The minimum absolute atomic E-state index is 0.00518. The lowest BCUT2D eigenvalue weighted by atomic mass is 10.0. The molecule has 0 fully saturated rings. The Morgan fingerprint density at radius 3 is 2.11 bits per heavy atom. The molecule has 4 rings (SSSR count). The van der Waals surface area contributed by atoms with E-state index in [1.54, 1.807) is 48.5 Å². The summed E-state index contributed by atoms with van der Waals surface area (Å²) in [7, 11) is 0. The van der Waals surface area contributed by atoms with Crippen molar-refractivity contribution in [2.45, 2.75) is 32.1 Å². The maximum Gasteiger partial charge on any atom is 0.416 e. The van der Waals surface area contributed by atoms with E-state index in [0.29, 0.717) is 46.6 Å². The van der Waals surface area contributed by atoms with Crippen LogP contribution in [0.15, 0.2) is 72.8 Å². The van der Waals surface area contributed by atoms with E-state index in [1.165, 1.54) is 6.07 Å². The number of carbonyl (C=O) groups is 1. The molecule has 0 unspecified atom stereocenters. The van der Waals surface area contributed by atoms with Gasteiger partial charge in [0.2, 0.25) is 0 Å². The Bertz CT molecular complexity index is 1410. The van der Waals surface area contributed by atoms with Gasteiger partial charge in [-0.3, -0.25) is 4.79 Å². The van der Waals surface area contributed by atoms with Gasteiger partial charge in [0.15, 0.2) is 0 Å². The Hall–Kier alpha value is -4.08. The molecule has 0 spiro atoms. The zero-order chi connectivity index (χ0) is 27.5. The SMILES string of the molecule is CCCCOc1ccc(-c2cc(C(=O)Nc3cc(C(F)(F)F)cc(C(F)(F)F)c3)c3ccccc3n2)cc1. The van der Waals surface area contributed by atoms with E-state index in [9.17, 15) is 31.1 Å².